The van der Waals surface area contributed by atoms with Crippen LogP contribution in [0, 0.1) is 12.1 Å². The molecule has 0 bridgehead atoms. The molecule has 5 heteroatoms. The van der Waals surface area contributed by atoms with Gasteiger partial charge >= 0.3 is 0 Å². The number of hydrogen-bond acceptors (Lipinski definition) is 4. The Bertz CT molecular complexity index is 2580. The van der Waals surface area contributed by atoms with Gasteiger partial charge in [0.2, 0.25) is 0 Å². The molecule has 0 fully saturated rings. The van der Waals surface area contributed by atoms with Crippen LogP contribution in [0.4, 0.5) is 0 Å². The van der Waals surface area contributed by atoms with Gasteiger partial charge in [0.25, 0.3) is 0 Å². The third-order valence-electron chi connectivity index (χ3n) is 10.7. The average Bonchev–Trinajstić information content (AvgIpc) is 3.50. The topological polar surface area (TPSA) is 51.8 Å². The molecule has 8 aromatic rings. The van der Waals surface area contributed by atoms with Crippen LogP contribution in [-0.4, -0.2) is 15.0 Å². The SMILES string of the molecule is CC(C)(C)c1ccnc(-c2[c-]cccc2)c1.CC1(C)CCC(C)(C)c2nc(-c3[c-]ccc4c3oc3cc5c(ccc6ccccc65)cc34)ncc21.[Ir]. The molecule has 52 heavy (non-hydrogen) atoms. The first-order valence-electron chi connectivity index (χ1n) is 17.9. The number of rotatable bonds is 2. The molecule has 0 atom stereocenters. The van der Waals surface area contributed by atoms with Crippen molar-refractivity contribution in [2.24, 2.45) is 0 Å². The van der Waals surface area contributed by atoms with Crippen LogP contribution in [0.25, 0.3) is 66.1 Å². The van der Waals surface area contributed by atoms with Crippen LogP contribution in [0.2, 0.25) is 0 Å². The molecular formula is C47H43IrN3O-2. The number of pyridine rings is 1. The second kappa shape index (κ2) is 13.4. The summed E-state index contributed by atoms with van der Waals surface area (Å²) in [6.07, 6.45) is 6.16. The van der Waals surface area contributed by atoms with Crippen LogP contribution >= 0.6 is 0 Å². The monoisotopic (exact) mass is 858 g/mol. The van der Waals surface area contributed by atoms with E-state index in [1.165, 1.54) is 32.7 Å². The van der Waals surface area contributed by atoms with Crippen molar-refractivity contribution in [1.29, 1.82) is 0 Å². The maximum absolute atomic E-state index is 6.52. The Morgan fingerprint density at radius 2 is 1.46 bits per heavy atom. The molecule has 4 nitrogen and oxygen atoms in total. The Hall–Kier alpha value is -4.70. The van der Waals surface area contributed by atoms with Gasteiger partial charge in [-0.2, -0.15) is 0 Å². The maximum atomic E-state index is 6.52. The van der Waals surface area contributed by atoms with E-state index in [0.717, 1.165) is 57.3 Å². The second-order valence-electron chi connectivity index (χ2n) is 16.2. The van der Waals surface area contributed by atoms with Crippen LogP contribution in [0.3, 0.4) is 0 Å². The van der Waals surface area contributed by atoms with Gasteiger partial charge in [-0.3, -0.25) is 9.97 Å². The van der Waals surface area contributed by atoms with E-state index in [-0.39, 0.29) is 36.4 Å². The first-order chi connectivity index (χ1) is 24.4. The Kier molecular flexibility index (Phi) is 9.18. The van der Waals surface area contributed by atoms with E-state index in [4.69, 9.17) is 14.4 Å². The van der Waals surface area contributed by atoms with E-state index in [1.807, 2.05) is 42.7 Å². The van der Waals surface area contributed by atoms with E-state index < -0.39 is 0 Å². The van der Waals surface area contributed by atoms with Gasteiger partial charge < -0.3 is 9.40 Å². The Labute approximate surface area is 320 Å². The molecule has 0 saturated carbocycles. The predicted octanol–water partition coefficient (Wildman–Crippen LogP) is 12.3. The molecule has 9 rings (SSSR count). The molecule has 0 aliphatic heterocycles. The average molecular weight is 858 g/mol. The van der Waals surface area contributed by atoms with Gasteiger partial charge in [0.1, 0.15) is 5.58 Å². The van der Waals surface area contributed by atoms with Crippen LogP contribution < -0.4 is 0 Å². The van der Waals surface area contributed by atoms with E-state index in [9.17, 15) is 0 Å². The molecule has 1 aliphatic carbocycles. The van der Waals surface area contributed by atoms with E-state index in [2.05, 4.69) is 132 Å². The molecule has 0 amide bonds. The molecule has 263 valence electrons. The van der Waals surface area contributed by atoms with Crippen molar-refractivity contribution < 1.29 is 24.5 Å². The molecule has 1 aliphatic rings. The quantitative estimate of drug-likeness (QED) is 0.128. The molecule has 0 saturated heterocycles. The first kappa shape index (κ1) is 35.7. The number of fused-ring (bicyclic) bond motifs is 7. The van der Waals surface area contributed by atoms with Crippen molar-refractivity contribution in [2.75, 3.05) is 0 Å². The van der Waals surface area contributed by atoms with Crippen molar-refractivity contribution in [1.82, 2.24) is 15.0 Å². The molecule has 0 unspecified atom stereocenters. The minimum absolute atomic E-state index is 0. The zero-order valence-electron chi connectivity index (χ0n) is 30.9. The fourth-order valence-corrected chi connectivity index (χ4v) is 7.40. The normalized spacial score (nSPS) is 14.8. The smallest absolute Gasteiger partial charge is 0.121 e. The summed E-state index contributed by atoms with van der Waals surface area (Å²) in [5, 5.41) is 7.07. The van der Waals surface area contributed by atoms with Crippen molar-refractivity contribution in [3.8, 4) is 22.6 Å². The molecule has 0 spiro atoms. The fourth-order valence-electron chi connectivity index (χ4n) is 7.40. The summed E-state index contributed by atoms with van der Waals surface area (Å²) in [6.45, 7) is 15.8. The van der Waals surface area contributed by atoms with E-state index in [1.54, 1.807) is 0 Å². The first-order valence-corrected chi connectivity index (χ1v) is 17.9. The van der Waals surface area contributed by atoms with Crippen molar-refractivity contribution in [3.05, 3.63) is 138 Å². The summed E-state index contributed by atoms with van der Waals surface area (Å²) in [6, 6.07) is 40.1. The number of aromatic nitrogens is 3. The van der Waals surface area contributed by atoms with Gasteiger partial charge in [-0.25, -0.2) is 0 Å². The van der Waals surface area contributed by atoms with Crippen molar-refractivity contribution in [2.45, 2.75) is 77.6 Å². The number of hydrogen-bond donors (Lipinski definition) is 0. The fraction of sp³-hybridized carbons (Fsp3) is 0.255. The van der Waals surface area contributed by atoms with E-state index in [0.29, 0.717) is 5.82 Å². The Balaban J connectivity index is 0.000000209. The summed E-state index contributed by atoms with van der Waals surface area (Å²) in [5.74, 6) is 0.689. The van der Waals surface area contributed by atoms with Gasteiger partial charge in [-0.05, 0) is 80.2 Å². The zero-order valence-corrected chi connectivity index (χ0v) is 33.3. The Morgan fingerprint density at radius 1 is 0.692 bits per heavy atom. The van der Waals surface area contributed by atoms with Gasteiger partial charge in [-0.1, -0.05) is 102 Å². The van der Waals surface area contributed by atoms with Crippen LogP contribution in [0.5, 0.6) is 0 Å². The standard InChI is InChI=1S/C32H27N2O.C15H16N.Ir/c1-31(2)14-15-32(3,4)29-26(31)18-33-30(34-29)23-11-7-10-22-25-16-20-13-12-19-8-5-6-9-21(19)24(20)17-27(25)35-28(22)23;1-15(2,3)13-9-10-16-14(11-13)12-7-5-4-6-8-12;/h5-10,12-13,16-18H,14-15H2,1-4H3;4-7,9-11H,1-3H3;/q2*-1;. The predicted molar refractivity (Wildman–Crippen MR) is 211 cm³/mol. The van der Waals surface area contributed by atoms with Crippen LogP contribution in [0.1, 0.15) is 78.1 Å². The summed E-state index contributed by atoms with van der Waals surface area (Å²) in [5.41, 5.74) is 8.52. The summed E-state index contributed by atoms with van der Waals surface area (Å²) >= 11 is 0. The van der Waals surface area contributed by atoms with Gasteiger partial charge in [0, 0.05) is 49.0 Å². The number of furan rings is 1. The molecular weight excluding hydrogens is 815 g/mol. The van der Waals surface area contributed by atoms with Gasteiger partial charge in [-0.15, -0.1) is 54.1 Å². The molecule has 0 N–H and O–H groups in total. The minimum Gasteiger partial charge on any atom is -0.501 e. The molecule has 5 aromatic carbocycles. The maximum Gasteiger partial charge on any atom is 0.121 e. The van der Waals surface area contributed by atoms with E-state index >= 15 is 0 Å². The third kappa shape index (κ3) is 6.46. The molecule has 3 heterocycles. The van der Waals surface area contributed by atoms with Crippen LogP contribution in [0.15, 0.2) is 114 Å². The summed E-state index contributed by atoms with van der Waals surface area (Å²) < 4.78 is 6.52. The van der Waals surface area contributed by atoms with Gasteiger partial charge in [0.15, 0.2) is 0 Å². The molecule has 1 radical (unpaired) electrons. The third-order valence-corrected chi connectivity index (χ3v) is 10.7. The zero-order chi connectivity index (χ0) is 35.5. The number of benzene rings is 5. The Morgan fingerprint density at radius 3 is 2.25 bits per heavy atom. The van der Waals surface area contributed by atoms with Crippen molar-refractivity contribution >= 4 is 43.5 Å². The number of nitrogens with zero attached hydrogens (tertiary/aromatic N) is 3. The summed E-state index contributed by atoms with van der Waals surface area (Å²) in [7, 11) is 0. The van der Waals surface area contributed by atoms with Crippen LogP contribution in [-0.2, 0) is 36.4 Å². The van der Waals surface area contributed by atoms with Gasteiger partial charge in [0.05, 0.1) is 11.4 Å². The molecule has 3 aromatic heterocycles. The second-order valence-corrected chi connectivity index (χ2v) is 16.2. The van der Waals surface area contributed by atoms with Crippen molar-refractivity contribution in [3.63, 3.8) is 0 Å². The summed E-state index contributed by atoms with van der Waals surface area (Å²) in [4.78, 5) is 14.4. The minimum atomic E-state index is 0. The largest absolute Gasteiger partial charge is 0.501 e.